The molecular formula is C35H72N2O. The second-order valence-electron chi connectivity index (χ2n) is 11.6. The SMILES string of the molecule is CCCCCCCCCCCCCCCCCCN=C=O.CCCCCCCCNCCCCCCCC. The Bertz CT molecular complexity index is 420. The second kappa shape index (κ2) is 40.8. The molecule has 1 N–H and O–H groups in total. The molecule has 228 valence electrons. The van der Waals surface area contributed by atoms with Crippen molar-refractivity contribution in [1.29, 1.82) is 0 Å². The molecule has 38 heavy (non-hydrogen) atoms. The molecule has 0 amide bonds. The van der Waals surface area contributed by atoms with Crippen LogP contribution in [0.2, 0.25) is 0 Å². The Balaban J connectivity index is 0. The summed E-state index contributed by atoms with van der Waals surface area (Å²) in [6.07, 6.45) is 40.5. The van der Waals surface area contributed by atoms with E-state index in [1.54, 1.807) is 6.08 Å². The molecule has 0 aromatic carbocycles. The van der Waals surface area contributed by atoms with Gasteiger partial charge in [-0.25, -0.2) is 9.79 Å². The molecule has 0 atom stereocenters. The van der Waals surface area contributed by atoms with Gasteiger partial charge in [0.25, 0.3) is 0 Å². The number of carbonyl (C=O) groups excluding carboxylic acids is 1. The molecule has 0 spiro atoms. The molecule has 0 fully saturated rings. The van der Waals surface area contributed by atoms with E-state index in [1.165, 1.54) is 186 Å². The van der Waals surface area contributed by atoms with Crippen molar-refractivity contribution in [1.82, 2.24) is 5.32 Å². The molecule has 0 radical (unpaired) electrons. The number of aliphatic imine (C=N–C) groups is 1. The molecule has 0 saturated carbocycles. The molecule has 0 aliphatic rings. The van der Waals surface area contributed by atoms with Crippen LogP contribution in [0.4, 0.5) is 0 Å². The highest BCUT2D eigenvalue weighted by Gasteiger charge is 1.95. The lowest BCUT2D eigenvalue weighted by molar-refractivity contribution is 0.529. The highest BCUT2D eigenvalue weighted by atomic mass is 16.1. The first-order valence-electron chi connectivity index (χ1n) is 17.6. The molecule has 0 aromatic heterocycles. The highest BCUT2D eigenvalue weighted by molar-refractivity contribution is 5.32. The van der Waals surface area contributed by atoms with E-state index in [0.29, 0.717) is 6.54 Å². The molecule has 0 rings (SSSR count). The monoisotopic (exact) mass is 537 g/mol. The van der Waals surface area contributed by atoms with Crippen LogP contribution in [0.15, 0.2) is 4.99 Å². The summed E-state index contributed by atoms with van der Waals surface area (Å²) in [6, 6.07) is 0. The molecule has 0 aliphatic heterocycles. The minimum atomic E-state index is 0.669. The molecule has 3 heteroatoms. The van der Waals surface area contributed by atoms with Crippen LogP contribution in [0.5, 0.6) is 0 Å². The van der Waals surface area contributed by atoms with Gasteiger partial charge < -0.3 is 5.32 Å². The van der Waals surface area contributed by atoms with Crippen molar-refractivity contribution in [3.8, 4) is 0 Å². The quantitative estimate of drug-likeness (QED) is 0.0543. The van der Waals surface area contributed by atoms with Crippen molar-refractivity contribution in [2.45, 2.75) is 201 Å². The van der Waals surface area contributed by atoms with Gasteiger partial charge in [0.05, 0.1) is 6.54 Å². The van der Waals surface area contributed by atoms with Gasteiger partial charge in [0.15, 0.2) is 0 Å². The average Bonchev–Trinajstić information content (AvgIpc) is 2.93. The van der Waals surface area contributed by atoms with E-state index in [0.717, 1.165) is 6.42 Å². The van der Waals surface area contributed by atoms with Crippen LogP contribution < -0.4 is 5.32 Å². The number of nitrogens with zero attached hydrogens (tertiary/aromatic N) is 1. The number of hydrogen-bond acceptors (Lipinski definition) is 3. The Kier molecular flexibility index (Phi) is 42.4. The standard InChI is InChI=1S/C19H37NO.C16H35N/c1-2-3-4-5-6-7-8-9-10-11-12-13-14-15-16-17-18-20-19-21;1-3-5-7-9-11-13-15-17-16-14-12-10-8-6-4-2/h2-18H2,1H3;17H,3-16H2,1-2H3. The zero-order valence-corrected chi connectivity index (χ0v) is 26.8. The van der Waals surface area contributed by atoms with Gasteiger partial charge in [0.2, 0.25) is 6.08 Å². The Morgan fingerprint density at radius 3 is 0.947 bits per heavy atom. The third kappa shape index (κ3) is 42.4. The molecule has 0 bridgehead atoms. The number of rotatable bonds is 31. The van der Waals surface area contributed by atoms with Crippen LogP contribution >= 0.6 is 0 Å². The zero-order valence-electron chi connectivity index (χ0n) is 26.8. The molecule has 3 nitrogen and oxygen atoms in total. The van der Waals surface area contributed by atoms with E-state index in [4.69, 9.17) is 0 Å². The lowest BCUT2D eigenvalue weighted by Crippen LogP contribution is -2.16. The minimum Gasteiger partial charge on any atom is -0.317 e. The summed E-state index contributed by atoms with van der Waals surface area (Å²) in [5.41, 5.74) is 0. The lowest BCUT2D eigenvalue weighted by Gasteiger charge is -2.04. The van der Waals surface area contributed by atoms with Gasteiger partial charge in [0.1, 0.15) is 0 Å². The van der Waals surface area contributed by atoms with E-state index < -0.39 is 0 Å². The van der Waals surface area contributed by atoms with Crippen molar-refractivity contribution >= 4 is 6.08 Å². The summed E-state index contributed by atoms with van der Waals surface area (Å²) >= 11 is 0. The maximum Gasteiger partial charge on any atom is 0.234 e. The Labute approximate surface area is 241 Å². The summed E-state index contributed by atoms with van der Waals surface area (Å²) in [5.74, 6) is 0. The van der Waals surface area contributed by atoms with Gasteiger partial charge in [0, 0.05) is 0 Å². The van der Waals surface area contributed by atoms with Crippen LogP contribution in [-0.2, 0) is 4.79 Å². The van der Waals surface area contributed by atoms with Crippen molar-refractivity contribution in [3.63, 3.8) is 0 Å². The van der Waals surface area contributed by atoms with Crippen LogP contribution in [0, 0.1) is 0 Å². The van der Waals surface area contributed by atoms with Crippen LogP contribution in [0.1, 0.15) is 201 Å². The Morgan fingerprint density at radius 2 is 0.658 bits per heavy atom. The summed E-state index contributed by atoms with van der Waals surface area (Å²) in [6.45, 7) is 9.98. The largest absolute Gasteiger partial charge is 0.317 e. The predicted octanol–water partition coefficient (Wildman–Crippen LogP) is 11.9. The third-order valence-corrected chi connectivity index (χ3v) is 7.60. The van der Waals surface area contributed by atoms with Gasteiger partial charge >= 0.3 is 0 Å². The maximum atomic E-state index is 9.87. The number of nitrogens with one attached hydrogen (secondary N) is 1. The smallest absolute Gasteiger partial charge is 0.234 e. The predicted molar refractivity (Wildman–Crippen MR) is 172 cm³/mol. The highest BCUT2D eigenvalue weighted by Crippen LogP contribution is 2.13. The average molecular weight is 537 g/mol. The molecule has 0 aromatic rings. The van der Waals surface area contributed by atoms with Gasteiger partial charge in [-0.2, -0.15) is 0 Å². The number of hydrogen-bond donors (Lipinski definition) is 1. The fraction of sp³-hybridized carbons (Fsp3) is 0.971. The van der Waals surface area contributed by atoms with Gasteiger partial charge in [-0.1, -0.05) is 181 Å². The molecule has 0 heterocycles. The Morgan fingerprint density at radius 1 is 0.395 bits per heavy atom. The normalized spacial score (nSPS) is 10.7. The van der Waals surface area contributed by atoms with E-state index in [-0.39, 0.29) is 0 Å². The van der Waals surface area contributed by atoms with Crippen molar-refractivity contribution in [2.24, 2.45) is 4.99 Å². The van der Waals surface area contributed by atoms with E-state index in [9.17, 15) is 4.79 Å². The van der Waals surface area contributed by atoms with Gasteiger partial charge in [-0.05, 0) is 32.4 Å². The van der Waals surface area contributed by atoms with Crippen LogP contribution in [0.3, 0.4) is 0 Å². The van der Waals surface area contributed by atoms with Crippen LogP contribution in [0.25, 0.3) is 0 Å². The number of unbranched alkanes of at least 4 members (excludes halogenated alkanes) is 25. The van der Waals surface area contributed by atoms with E-state index in [2.05, 4.69) is 31.1 Å². The topological polar surface area (TPSA) is 41.5 Å². The van der Waals surface area contributed by atoms with Crippen LogP contribution in [-0.4, -0.2) is 25.7 Å². The summed E-state index contributed by atoms with van der Waals surface area (Å²) in [5, 5.41) is 3.57. The van der Waals surface area contributed by atoms with Crippen molar-refractivity contribution < 1.29 is 4.79 Å². The summed E-state index contributed by atoms with van der Waals surface area (Å²) < 4.78 is 0. The maximum absolute atomic E-state index is 9.87. The third-order valence-electron chi connectivity index (χ3n) is 7.60. The summed E-state index contributed by atoms with van der Waals surface area (Å²) in [4.78, 5) is 13.4. The first-order valence-corrected chi connectivity index (χ1v) is 17.6. The lowest BCUT2D eigenvalue weighted by atomic mass is 10.0. The zero-order chi connectivity index (χ0) is 28.0. The van der Waals surface area contributed by atoms with Gasteiger partial charge in [-0.3, -0.25) is 0 Å². The molecule has 0 aliphatic carbocycles. The fourth-order valence-corrected chi connectivity index (χ4v) is 4.97. The Hall–Kier alpha value is -0.660. The van der Waals surface area contributed by atoms with E-state index >= 15 is 0 Å². The van der Waals surface area contributed by atoms with E-state index in [1.807, 2.05) is 0 Å². The molecular weight excluding hydrogens is 464 g/mol. The fourth-order valence-electron chi connectivity index (χ4n) is 4.97. The van der Waals surface area contributed by atoms with Crippen molar-refractivity contribution in [3.05, 3.63) is 0 Å². The minimum absolute atomic E-state index is 0.669. The first kappa shape index (κ1) is 39.5. The van der Waals surface area contributed by atoms with Crippen molar-refractivity contribution in [2.75, 3.05) is 19.6 Å². The number of isocyanates is 1. The first-order chi connectivity index (χ1) is 18.8. The molecule has 0 unspecified atom stereocenters. The summed E-state index contributed by atoms with van der Waals surface area (Å²) in [7, 11) is 0. The molecule has 0 saturated heterocycles. The second-order valence-corrected chi connectivity index (χ2v) is 11.6. The van der Waals surface area contributed by atoms with Gasteiger partial charge in [-0.15, -0.1) is 0 Å².